The Morgan fingerprint density at radius 2 is 2.06 bits per heavy atom. The minimum atomic E-state index is 0.00226. The number of hydrogen-bond acceptors (Lipinski definition) is 7. The van der Waals surface area contributed by atoms with Crippen LogP contribution >= 0.6 is 0 Å². The SMILES string of the molecule is Cc1nc(-c2ccc3ccnc(N[C@H]4CCN(C(=O)c5cc(C6CC6)n(C)n5)C4)c3c2)no1. The molecule has 9 nitrogen and oxygen atoms in total. The molecule has 9 heteroatoms. The van der Waals surface area contributed by atoms with Crippen LogP contribution in [0.25, 0.3) is 22.2 Å². The number of amides is 1. The molecule has 1 aliphatic heterocycles. The average Bonchev–Trinajstić information content (AvgIpc) is 3.19. The highest BCUT2D eigenvalue weighted by Crippen LogP contribution is 2.40. The van der Waals surface area contributed by atoms with Crippen LogP contribution < -0.4 is 5.32 Å². The van der Waals surface area contributed by atoms with E-state index in [4.69, 9.17) is 4.52 Å². The second kappa shape index (κ2) is 7.68. The molecule has 1 aromatic carbocycles. The van der Waals surface area contributed by atoms with Crippen LogP contribution in [-0.4, -0.2) is 54.8 Å². The van der Waals surface area contributed by atoms with Gasteiger partial charge in [0, 0.05) is 61.9 Å². The minimum absolute atomic E-state index is 0.00226. The lowest BCUT2D eigenvalue weighted by molar-refractivity contribution is 0.0785. The first-order valence-electron chi connectivity index (χ1n) is 11.3. The van der Waals surface area contributed by atoms with Crippen molar-refractivity contribution in [1.82, 2.24) is 29.8 Å². The van der Waals surface area contributed by atoms with Gasteiger partial charge >= 0.3 is 0 Å². The number of carbonyl (C=O) groups is 1. The van der Waals surface area contributed by atoms with Gasteiger partial charge in [-0.05, 0) is 42.8 Å². The molecular weight excluding hydrogens is 418 g/mol. The van der Waals surface area contributed by atoms with Gasteiger partial charge in [-0.2, -0.15) is 10.1 Å². The number of rotatable bonds is 5. The molecule has 3 aromatic heterocycles. The molecule has 0 spiro atoms. The number of benzene rings is 1. The second-order valence-corrected chi connectivity index (χ2v) is 8.97. The van der Waals surface area contributed by atoms with Crippen molar-refractivity contribution in [3.05, 3.63) is 53.8 Å². The highest BCUT2D eigenvalue weighted by atomic mass is 16.5. The number of nitrogens with zero attached hydrogens (tertiary/aromatic N) is 6. The molecule has 0 bridgehead atoms. The Kier molecular flexibility index (Phi) is 4.63. The maximum Gasteiger partial charge on any atom is 0.274 e. The van der Waals surface area contributed by atoms with Gasteiger partial charge in [0.2, 0.25) is 11.7 Å². The molecule has 1 saturated heterocycles. The molecule has 168 valence electrons. The Hall–Kier alpha value is -3.75. The van der Waals surface area contributed by atoms with Gasteiger partial charge in [0.25, 0.3) is 5.91 Å². The minimum Gasteiger partial charge on any atom is -0.365 e. The number of aryl methyl sites for hydroxylation is 2. The molecule has 1 amide bonds. The summed E-state index contributed by atoms with van der Waals surface area (Å²) in [7, 11) is 1.93. The zero-order chi connectivity index (χ0) is 22.5. The van der Waals surface area contributed by atoms with Crippen molar-refractivity contribution >= 4 is 22.5 Å². The van der Waals surface area contributed by atoms with Gasteiger partial charge in [0.15, 0.2) is 5.69 Å². The first-order valence-corrected chi connectivity index (χ1v) is 11.3. The molecule has 2 fully saturated rings. The summed E-state index contributed by atoms with van der Waals surface area (Å²) in [6.07, 6.45) is 5.04. The van der Waals surface area contributed by atoms with Crippen LogP contribution in [0.3, 0.4) is 0 Å². The lowest BCUT2D eigenvalue weighted by Gasteiger charge is -2.17. The third kappa shape index (κ3) is 3.73. The van der Waals surface area contributed by atoms with Gasteiger partial charge in [0.05, 0.1) is 0 Å². The van der Waals surface area contributed by atoms with Crippen LogP contribution in [0.1, 0.15) is 47.3 Å². The molecule has 6 rings (SSSR count). The van der Waals surface area contributed by atoms with Crippen molar-refractivity contribution in [2.45, 2.75) is 38.1 Å². The molecule has 1 aliphatic carbocycles. The van der Waals surface area contributed by atoms with E-state index in [-0.39, 0.29) is 11.9 Å². The molecule has 4 heterocycles. The molecule has 1 saturated carbocycles. The molecule has 0 radical (unpaired) electrons. The van der Waals surface area contributed by atoms with Crippen molar-refractivity contribution in [2.24, 2.45) is 7.05 Å². The summed E-state index contributed by atoms with van der Waals surface area (Å²) < 4.78 is 6.99. The molecule has 4 aromatic rings. The van der Waals surface area contributed by atoms with Gasteiger partial charge < -0.3 is 14.7 Å². The third-order valence-electron chi connectivity index (χ3n) is 6.50. The fraction of sp³-hybridized carbons (Fsp3) is 0.375. The van der Waals surface area contributed by atoms with Gasteiger partial charge in [-0.3, -0.25) is 9.48 Å². The Balaban J connectivity index is 1.20. The normalized spacial score (nSPS) is 18.2. The number of aromatic nitrogens is 5. The molecule has 2 aliphatic rings. The number of anilines is 1. The average molecular weight is 444 g/mol. The van der Waals surface area contributed by atoms with E-state index < -0.39 is 0 Å². The monoisotopic (exact) mass is 443 g/mol. The van der Waals surface area contributed by atoms with Crippen LogP contribution in [0.5, 0.6) is 0 Å². The van der Waals surface area contributed by atoms with Crippen molar-refractivity contribution in [3.63, 3.8) is 0 Å². The smallest absolute Gasteiger partial charge is 0.274 e. The van der Waals surface area contributed by atoms with E-state index >= 15 is 0 Å². The topological polar surface area (TPSA) is 102 Å². The second-order valence-electron chi connectivity index (χ2n) is 8.97. The Labute approximate surface area is 190 Å². The fourth-order valence-corrected chi connectivity index (χ4v) is 4.60. The van der Waals surface area contributed by atoms with Crippen LogP contribution in [0, 0.1) is 6.92 Å². The number of hydrogen-bond donors (Lipinski definition) is 1. The summed E-state index contributed by atoms with van der Waals surface area (Å²) in [4.78, 5) is 23.9. The highest BCUT2D eigenvalue weighted by Gasteiger charge is 2.32. The van der Waals surface area contributed by atoms with Crippen LogP contribution in [0.4, 0.5) is 5.82 Å². The van der Waals surface area contributed by atoms with E-state index in [0.717, 1.165) is 28.6 Å². The van der Waals surface area contributed by atoms with E-state index in [0.29, 0.717) is 36.4 Å². The van der Waals surface area contributed by atoms with Crippen molar-refractivity contribution in [2.75, 3.05) is 18.4 Å². The van der Waals surface area contributed by atoms with Gasteiger partial charge in [-0.25, -0.2) is 4.98 Å². The Morgan fingerprint density at radius 3 is 2.85 bits per heavy atom. The third-order valence-corrected chi connectivity index (χ3v) is 6.50. The van der Waals surface area contributed by atoms with E-state index in [2.05, 4.69) is 25.5 Å². The van der Waals surface area contributed by atoms with E-state index in [1.807, 2.05) is 47.0 Å². The molecule has 1 N–H and O–H groups in total. The standard InChI is InChI=1S/C24H25N7O2/c1-14-26-22(29-33-14)17-6-3-15-7-9-25-23(19(15)11-17)27-18-8-10-31(13-18)24(32)20-12-21(16-4-5-16)30(2)28-20/h3,6-7,9,11-12,16,18H,4-5,8,10,13H2,1-2H3,(H,25,27)/t18-/m0/s1. The maximum atomic E-state index is 13.1. The molecule has 1 atom stereocenters. The predicted octanol–water partition coefficient (Wildman–Crippen LogP) is 3.53. The van der Waals surface area contributed by atoms with E-state index in [9.17, 15) is 4.79 Å². The lowest BCUT2D eigenvalue weighted by Crippen LogP contribution is -2.32. The summed E-state index contributed by atoms with van der Waals surface area (Å²) in [5.74, 6) is 2.45. The largest absolute Gasteiger partial charge is 0.365 e. The predicted molar refractivity (Wildman–Crippen MR) is 123 cm³/mol. The number of likely N-dealkylation sites (tertiary alicyclic amines) is 1. The summed E-state index contributed by atoms with van der Waals surface area (Å²) >= 11 is 0. The van der Waals surface area contributed by atoms with Crippen LogP contribution in [-0.2, 0) is 7.05 Å². The zero-order valence-electron chi connectivity index (χ0n) is 18.7. The summed E-state index contributed by atoms with van der Waals surface area (Å²) in [5, 5.41) is 14.1. The summed E-state index contributed by atoms with van der Waals surface area (Å²) in [6.45, 7) is 3.09. The molecular formula is C24H25N7O2. The van der Waals surface area contributed by atoms with Crippen molar-refractivity contribution in [3.8, 4) is 11.4 Å². The Morgan fingerprint density at radius 1 is 1.18 bits per heavy atom. The number of nitrogens with one attached hydrogen (secondary N) is 1. The maximum absolute atomic E-state index is 13.1. The number of fused-ring (bicyclic) bond motifs is 1. The molecule has 0 unspecified atom stereocenters. The first kappa shape index (κ1) is 19.9. The lowest BCUT2D eigenvalue weighted by atomic mass is 10.1. The highest BCUT2D eigenvalue weighted by molar-refractivity contribution is 5.95. The quantitative estimate of drug-likeness (QED) is 0.503. The fourth-order valence-electron chi connectivity index (χ4n) is 4.60. The van der Waals surface area contributed by atoms with E-state index in [1.165, 1.54) is 18.5 Å². The van der Waals surface area contributed by atoms with Gasteiger partial charge in [0.1, 0.15) is 5.82 Å². The van der Waals surface area contributed by atoms with Gasteiger partial charge in [-0.1, -0.05) is 17.3 Å². The zero-order valence-corrected chi connectivity index (χ0v) is 18.7. The van der Waals surface area contributed by atoms with Crippen molar-refractivity contribution < 1.29 is 9.32 Å². The number of carbonyl (C=O) groups excluding carboxylic acids is 1. The van der Waals surface area contributed by atoms with E-state index in [1.54, 1.807) is 13.1 Å². The van der Waals surface area contributed by atoms with Crippen LogP contribution in [0.15, 0.2) is 41.1 Å². The first-order chi connectivity index (χ1) is 16.0. The van der Waals surface area contributed by atoms with Crippen molar-refractivity contribution in [1.29, 1.82) is 0 Å². The van der Waals surface area contributed by atoms with Crippen LogP contribution in [0.2, 0.25) is 0 Å². The van der Waals surface area contributed by atoms with Gasteiger partial charge in [-0.15, -0.1) is 0 Å². The number of pyridine rings is 1. The Bertz CT molecular complexity index is 1350. The summed E-state index contributed by atoms with van der Waals surface area (Å²) in [5.41, 5.74) is 2.59. The molecule has 33 heavy (non-hydrogen) atoms. The summed E-state index contributed by atoms with van der Waals surface area (Å²) in [6, 6.07) is 10.1.